The first-order chi connectivity index (χ1) is 9.11. The Morgan fingerprint density at radius 3 is 2.68 bits per heavy atom. The Kier molecular flexibility index (Phi) is 3.95. The van der Waals surface area contributed by atoms with Crippen molar-refractivity contribution in [2.24, 2.45) is 0 Å². The summed E-state index contributed by atoms with van der Waals surface area (Å²) in [5.74, 6) is -0.453. The minimum Gasteiger partial charge on any atom is -0.320 e. The Bertz CT molecular complexity index is 667. The third kappa shape index (κ3) is 2.99. The third-order valence-corrected chi connectivity index (χ3v) is 2.89. The molecule has 1 heterocycles. The number of nitrogens with one attached hydrogen (secondary N) is 1. The molecule has 94 valence electrons. The number of anilines is 1. The van der Waals surface area contributed by atoms with E-state index < -0.39 is 5.91 Å². The van der Waals surface area contributed by atoms with Crippen LogP contribution in [0.1, 0.15) is 15.9 Å². The van der Waals surface area contributed by atoms with Gasteiger partial charge in [-0.25, -0.2) is 0 Å². The number of benzene rings is 1. The van der Waals surface area contributed by atoms with E-state index in [4.69, 9.17) is 28.5 Å². The molecule has 0 aliphatic rings. The first-order valence-electron chi connectivity index (χ1n) is 5.09. The molecule has 5 nitrogen and oxygen atoms in total. The second-order valence-electron chi connectivity index (χ2n) is 3.51. The zero-order valence-electron chi connectivity index (χ0n) is 9.39. The molecule has 0 saturated carbocycles. The summed E-state index contributed by atoms with van der Waals surface area (Å²) in [6, 6.07) is 6.18. The molecule has 1 aromatic carbocycles. The number of carbonyl (C=O) groups excluding carboxylic acids is 1. The molecule has 7 heteroatoms. The molecule has 0 fully saturated rings. The number of aromatic nitrogens is 2. The number of rotatable bonds is 2. The minimum absolute atomic E-state index is 0.166. The summed E-state index contributed by atoms with van der Waals surface area (Å²) in [5.41, 5.74) is 0.827. The summed E-state index contributed by atoms with van der Waals surface area (Å²) in [4.78, 5) is 12.0. The van der Waals surface area contributed by atoms with Gasteiger partial charge in [-0.05, 0) is 18.2 Å². The molecule has 0 spiro atoms. The van der Waals surface area contributed by atoms with Crippen molar-refractivity contribution in [1.82, 2.24) is 10.2 Å². The average molecular weight is 293 g/mol. The third-order valence-electron chi connectivity index (χ3n) is 2.26. The molecule has 0 aliphatic carbocycles. The highest BCUT2D eigenvalue weighted by atomic mass is 35.5. The van der Waals surface area contributed by atoms with Crippen LogP contribution in [0.15, 0.2) is 30.6 Å². The fourth-order valence-corrected chi connectivity index (χ4v) is 1.88. The van der Waals surface area contributed by atoms with E-state index in [2.05, 4.69) is 15.5 Å². The zero-order valence-corrected chi connectivity index (χ0v) is 10.9. The Hall–Kier alpha value is -2.16. The monoisotopic (exact) mass is 292 g/mol. The van der Waals surface area contributed by atoms with Crippen LogP contribution in [-0.4, -0.2) is 16.1 Å². The highest BCUT2D eigenvalue weighted by Gasteiger charge is 2.14. The summed E-state index contributed by atoms with van der Waals surface area (Å²) in [5, 5.41) is 19.1. The van der Waals surface area contributed by atoms with Gasteiger partial charge in [-0.1, -0.05) is 23.2 Å². The lowest BCUT2D eigenvalue weighted by Crippen LogP contribution is -2.13. The van der Waals surface area contributed by atoms with Crippen molar-refractivity contribution in [3.8, 4) is 6.07 Å². The lowest BCUT2D eigenvalue weighted by atomic mass is 10.1. The van der Waals surface area contributed by atoms with Crippen LogP contribution >= 0.6 is 23.2 Å². The number of nitrogens with zero attached hydrogens (tertiary/aromatic N) is 3. The van der Waals surface area contributed by atoms with Crippen LogP contribution in [-0.2, 0) is 0 Å². The van der Waals surface area contributed by atoms with Gasteiger partial charge in [-0.3, -0.25) is 4.79 Å². The predicted molar refractivity (Wildman–Crippen MR) is 71.2 cm³/mol. The van der Waals surface area contributed by atoms with Crippen LogP contribution < -0.4 is 5.32 Å². The van der Waals surface area contributed by atoms with Crippen LogP contribution in [0.2, 0.25) is 10.0 Å². The molecular formula is C12H6Cl2N4O. The molecular weight excluding hydrogens is 287 g/mol. The molecule has 1 amide bonds. The first-order valence-corrected chi connectivity index (χ1v) is 5.84. The number of halogens is 2. The topological polar surface area (TPSA) is 78.7 Å². The van der Waals surface area contributed by atoms with Crippen molar-refractivity contribution in [1.29, 1.82) is 5.26 Å². The van der Waals surface area contributed by atoms with E-state index in [0.717, 1.165) is 0 Å². The molecule has 1 N–H and O–H groups in total. The summed E-state index contributed by atoms with van der Waals surface area (Å²) < 4.78 is 0. The molecule has 2 rings (SSSR count). The Balaban J connectivity index is 2.32. The summed E-state index contributed by atoms with van der Waals surface area (Å²) >= 11 is 11.7. The van der Waals surface area contributed by atoms with Crippen molar-refractivity contribution < 1.29 is 4.79 Å². The van der Waals surface area contributed by atoms with Crippen LogP contribution in [0.3, 0.4) is 0 Å². The zero-order chi connectivity index (χ0) is 13.8. The van der Waals surface area contributed by atoms with E-state index in [-0.39, 0.29) is 21.2 Å². The van der Waals surface area contributed by atoms with E-state index >= 15 is 0 Å². The lowest BCUT2D eigenvalue weighted by molar-refractivity contribution is 0.102. The van der Waals surface area contributed by atoms with Gasteiger partial charge in [0.25, 0.3) is 5.91 Å². The van der Waals surface area contributed by atoms with Gasteiger partial charge in [-0.2, -0.15) is 15.5 Å². The van der Waals surface area contributed by atoms with E-state index in [9.17, 15) is 4.79 Å². The van der Waals surface area contributed by atoms with Crippen LogP contribution in [0, 0.1) is 11.3 Å². The number of amides is 1. The van der Waals surface area contributed by atoms with Gasteiger partial charge >= 0.3 is 0 Å². The van der Waals surface area contributed by atoms with Crippen molar-refractivity contribution in [3.63, 3.8) is 0 Å². The molecule has 0 atom stereocenters. The SMILES string of the molecule is N#Cc1cc(C(=O)Nc2ccnnc2)c(Cl)cc1Cl. The van der Waals surface area contributed by atoms with Crippen LogP contribution in [0.4, 0.5) is 5.69 Å². The summed E-state index contributed by atoms with van der Waals surface area (Å²) in [7, 11) is 0. The quantitative estimate of drug-likeness (QED) is 0.923. The molecule has 0 bridgehead atoms. The standard InChI is InChI=1S/C12H6Cl2N4O/c13-10-4-11(14)9(3-7(10)5-15)12(19)18-8-1-2-16-17-6-8/h1-4,6H,(H,16,18,19). The van der Waals surface area contributed by atoms with Gasteiger partial charge in [0.1, 0.15) is 6.07 Å². The van der Waals surface area contributed by atoms with Crippen molar-refractivity contribution in [2.45, 2.75) is 0 Å². The number of carbonyl (C=O) groups is 1. The number of hydrogen-bond donors (Lipinski definition) is 1. The maximum absolute atomic E-state index is 12.0. The summed E-state index contributed by atoms with van der Waals surface area (Å²) in [6.07, 6.45) is 2.84. The molecule has 0 radical (unpaired) electrons. The second kappa shape index (κ2) is 5.65. The predicted octanol–water partition coefficient (Wildman–Crippen LogP) is 2.91. The first kappa shape index (κ1) is 13.3. The van der Waals surface area contributed by atoms with Crippen molar-refractivity contribution >= 4 is 34.8 Å². The Labute approximate surface area is 118 Å². The van der Waals surface area contributed by atoms with Gasteiger partial charge < -0.3 is 5.32 Å². The fourth-order valence-electron chi connectivity index (χ4n) is 1.37. The maximum atomic E-state index is 12.0. The van der Waals surface area contributed by atoms with Gasteiger partial charge in [-0.15, -0.1) is 0 Å². The maximum Gasteiger partial charge on any atom is 0.257 e. The molecule has 2 aromatic rings. The van der Waals surface area contributed by atoms with E-state index in [1.807, 2.05) is 6.07 Å². The molecule has 0 aliphatic heterocycles. The van der Waals surface area contributed by atoms with Crippen molar-refractivity contribution in [2.75, 3.05) is 5.32 Å². The second-order valence-corrected chi connectivity index (χ2v) is 4.32. The molecule has 0 saturated heterocycles. The van der Waals surface area contributed by atoms with Crippen LogP contribution in [0.5, 0.6) is 0 Å². The van der Waals surface area contributed by atoms with E-state index in [1.165, 1.54) is 24.5 Å². The highest BCUT2D eigenvalue weighted by molar-refractivity contribution is 6.37. The Morgan fingerprint density at radius 1 is 1.26 bits per heavy atom. The summed E-state index contributed by atoms with van der Waals surface area (Å²) in [6.45, 7) is 0. The van der Waals surface area contributed by atoms with Gasteiger partial charge in [0.05, 0.1) is 39.3 Å². The Morgan fingerprint density at radius 2 is 2.05 bits per heavy atom. The normalized spacial score (nSPS) is 9.74. The lowest BCUT2D eigenvalue weighted by Gasteiger charge is -2.07. The van der Waals surface area contributed by atoms with Crippen LogP contribution in [0.25, 0.3) is 0 Å². The van der Waals surface area contributed by atoms with E-state index in [0.29, 0.717) is 5.69 Å². The molecule has 0 unspecified atom stereocenters. The van der Waals surface area contributed by atoms with Gasteiger partial charge in [0.15, 0.2) is 0 Å². The highest BCUT2D eigenvalue weighted by Crippen LogP contribution is 2.25. The molecule has 19 heavy (non-hydrogen) atoms. The molecule has 1 aromatic heterocycles. The largest absolute Gasteiger partial charge is 0.320 e. The number of nitriles is 1. The number of hydrogen-bond acceptors (Lipinski definition) is 4. The average Bonchev–Trinajstić information content (AvgIpc) is 2.40. The smallest absolute Gasteiger partial charge is 0.257 e. The van der Waals surface area contributed by atoms with Gasteiger partial charge in [0.2, 0.25) is 0 Å². The van der Waals surface area contributed by atoms with Gasteiger partial charge in [0, 0.05) is 0 Å². The minimum atomic E-state index is -0.453. The fraction of sp³-hybridized carbons (Fsp3) is 0. The van der Waals surface area contributed by atoms with E-state index in [1.54, 1.807) is 6.07 Å². The van der Waals surface area contributed by atoms with Crippen molar-refractivity contribution in [3.05, 3.63) is 51.8 Å².